The molecule has 8 nitrogen and oxygen atoms in total. The second-order valence-corrected chi connectivity index (χ2v) is 13.9. The molecule has 4 amide bonds. The monoisotopic (exact) mass is 610 g/mol. The normalized spacial score (nSPS) is 32.5. The fourth-order valence-electron chi connectivity index (χ4n) is 7.35. The number of imide groups is 2. The van der Waals surface area contributed by atoms with Crippen LogP contribution in [0, 0.1) is 17.8 Å². The summed E-state index contributed by atoms with van der Waals surface area (Å²) in [6.45, 7) is 5.69. The summed E-state index contributed by atoms with van der Waals surface area (Å²) in [6.07, 6.45) is 2.03. The van der Waals surface area contributed by atoms with E-state index in [1.165, 1.54) is 18.0 Å². The van der Waals surface area contributed by atoms with Gasteiger partial charge in [-0.2, -0.15) is 0 Å². The Hall–Kier alpha value is -3.36. The Morgan fingerprint density at radius 1 is 0.976 bits per heavy atom. The average Bonchev–Trinajstić information content (AvgIpc) is 3.28. The van der Waals surface area contributed by atoms with E-state index in [9.17, 15) is 24.3 Å². The van der Waals surface area contributed by atoms with Crippen molar-refractivity contribution in [1.29, 1.82) is 0 Å². The summed E-state index contributed by atoms with van der Waals surface area (Å²) in [5.74, 6) is -4.76. The molecule has 2 aliphatic heterocycles. The number of phenolic OH excluding ortho intramolecular Hbond substituents is 1. The first-order valence-corrected chi connectivity index (χ1v) is 14.8. The zero-order chi connectivity index (χ0) is 30.4. The number of aromatic hydroxyl groups is 1. The van der Waals surface area contributed by atoms with Crippen molar-refractivity contribution in [2.24, 2.45) is 17.8 Å². The van der Waals surface area contributed by atoms with Gasteiger partial charge in [0.05, 0.1) is 11.8 Å². The number of likely N-dealkylation sites (tertiary alicyclic amines) is 2. The van der Waals surface area contributed by atoms with E-state index in [0.29, 0.717) is 11.3 Å². The van der Waals surface area contributed by atoms with Crippen LogP contribution in [0.2, 0.25) is 0 Å². The number of benzene rings is 2. The lowest BCUT2D eigenvalue weighted by atomic mass is 9.56. The minimum Gasteiger partial charge on any atom is -0.508 e. The van der Waals surface area contributed by atoms with E-state index in [2.05, 4.69) is 0 Å². The van der Waals surface area contributed by atoms with E-state index in [1.807, 2.05) is 36.4 Å². The summed E-state index contributed by atoms with van der Waals surface area (Å²) in [4.78, 5) is 53.0. The number of hydrogen-bond acceptors (Lipinski definition) is 6. The highest BCUT2D eigenvalue weighted by molar-refractivity contribution is 6.53. The van der Waals surface area contributed by atoms with Crippen molar-refractivity contribution in [3.05, 3.63) is 71.3 Å². The highest BCUT2D eigenvalue weighted by Gasteiger charge is 2.76. The molecule has 2 aromatic rings. The van der Waals surface area contributed by atoms with Gasteiger partial charge in [-0.05, 0) is 51.2 Å². The van der Waals surface area contributed by atoms with Crippen LogP contribution in [0.4, 0.5) is 0 Å². The van der Waals surface area contributed by atoms with Crippen molar-refractivity contribution in [2.75, 3.05) is 7.05 Å². The van der Waals surface area contributed by atoms with Crippen LogP contribution < -0.4 is 4.74 Å². The fourth-order valence-corrected chi connectivity index (χ4v) is 8.36. The molecule has 6 atom stereocenters. The van der Waals surface area contributed by atoms with Crippen molar-refractivity contribution in [2.45, 2.75) is 61.4 Å². The van der Waals surface area contributed by atoms with Crippen molar-refractivity contribution in [1.82, 2.24) is 9.80 Å². The summed E-state index contributed by atoms with van der Waals surface area (Å²) in [6, 6.07) is 14.3. The summed E-state index contributed by atoms with van der Waals surface area (Å²) in [5, 5.41) is 11.3. The largest absolute Gasteiger partial charge is 0.508 e. The number of hydrogen-bond donors (Lipinski definition) is 1. The molecule has 10 heteroatoms. The van der Waals surface area contributed by atoms with E-state index in [-0.39, 0.29) is 42.6 Å². The van der Waals surface area contributed by atoms with Gasteiger partial charge in [0.2, 0.25) is 11.8 Å². The minimum absolute atomic E-state index is 0.0908. The van der Waals surface area contributed by atoms with E-state index < -0.39 is 50.8 Å². The molecule has 3 fully saturated rings. The van der Waals surface area contributed by atoms with E-state index in [0.717, 1.165) is 10.5 Å². The van der Waals surface area contributed by atoms with Crippen LogP contribution in [-0.4, -0.2) is 60.9 Å². The standard InChI is InChI=1S/C32H32Cl2N2O6/c1-30(2,3)36-26(38)21-13-12-19-22(24(21)27(36)39)15-31(33)28(40)35(4)29(41)32(31,34)25(19)20-11-10-18(14-23(20)37)42-16-17-8-6-5-7-9-17/h5-12,14,21-22,24-25,37H,13,15-16H2,1-4H3/t21-,22+,24-,25+,31+,32-/m0/s1. The molecule has 2 aromatic carbocycles. The van der Waals surface area contributed by atoms with Crippen molar-refractivity contribution in [3.63, 3.8) is 0 Å². The average molecular weight is 612 g/mol. The number of halogens is 2. The van der Waals surface area contributed by atoms with Gasteiger partial charge in [-0.3, -0.25) is 29.0 Å². The Labute approximate surface area is 254 Å². The Kier molecular flexibility index (Phi) is 6.55. The van der Waals surface area contributed by atoms with Gasteiger partial charge in [0.15, 0.2) is 9.75 Å². The highest BCUT2D eigenvalue weighted by atomic mass is 35.5. The predicted octanol–water partition coefficient (Wildman–Crippen LogP) is 4.76. The van der Waals surface area contributed by atoms with Gasteiger partial charge in [0, 0.05) is 30.1 Å². The third-order valence-electron chi connectivity index (χ3n) is 9.25. The number of ether oxygens (including phenoxy) is 1. The number of carbonyl (C=O) groups is 4. The van der Waals surface area contributed by atoms with Crippen LogP contribution in [-0.2, 0) is 25.8 Å². The second kappa shape index (κ2) is 9.58. The topological polar surface area (TPSA) is 104 Å². The van der Waals surface area contributed by atoms with Gasteiger partial charge in [-0.15, -0.1) is 23.2 Å². The molecule has 220 valence electrons. The first-order chi connectivity index (χ1) is 19.7. The zero-order valence-electron chi connectivity index (χ0n) is 23.8. The number of alkyl halides is 2. The summed E-state index contributed by atoms with van der Waals surface area (Å²) in [7, 11) is 1.33. The van der Waals surface area contributed by atoms with Gasteiger partial charge < -0.3 is 9.84 Å². The maximum atomic E-state index is 13.9. The predicted molar refractivity (Wildman–Crippen MR) is 156 cm³/mol. The molecule has 0 bridgehead atoms. The number of nitrogens with zero attached hydrogens (tertiary/aromatic N) is 2. The third-order valence-corrected chi connectivity index (χ3v) is 10.7. The molecule has 0 aromatic heterocycles. The van der Waals surface area contributed by atoms with Crippen LogP contribution in [0.1, 0.15) is 50.7 Å². The molecule has 0 radical (unpaired) electrons. The Bertz CT molecular complexity index is 1550. The lowest BCUT2D eigenvalue weighted by Crippen LogP contribution is -2.60. The molecule has 1 N–H and O–H groups in total. The van der Waals surface area contributed by atoms with Crippen molar-refractivity contribution >= 4 is 46.8 Å². The SMILES string of the molecule is CN1C(=O)[C@]2(Cl)C[C@@H]3C(=CC[C@@H]4C(=O)N(C(C)(C)C)C(=O)[C@@H]43)[C@H](c3ccc(OCc4ccccc4)cc3O)[C@]2(Cl)C1=O. The molecule has 2 heterocycles. The summed E-state index contributed by atoms with van der Waals surface area (Å²) in [5.41, 5.74) is 1.13. The van der Waals surface area contributed by atoms with Crippen molar-refractivity contribution < 1.29 is 29.0 Å². The van der Waals surface area contributed by atoms with Crippen LogP contribution >= 0.6 is 23.2 Å². The van der Waals surface area contributed by atoms with Gasteiger partial charge in [0.25, 0.3) is 11.8 Å². The first kappa shape index (κ1) is 28.7. The Morgan fingerprint density at radius 2 is 1.67 bits per heavy atom. The number of phenols is 1. The van der Waals surface area contributed by atoms with Gasteiger partial charge in [-0.1, -0.05) is 48.0 Å². The van der Waals surface area contributed by atoms with E-state index in [1.54, 1.807) is 32.9 Å². The second-order valence-electron chi connectivity index (χ2n) is 12.7. The maximum absolute atomic E-state index is 13.9. The van der Waals surface area contributed by atoms with E-state index in [4.69, 9.17) is 27.9 Å². The van der Waals surface area contributed by atoms with Crippen LogP contribution in [0.15, 0.2) is 60.2 Å². The molecule has 4 aliphatic rings. The minimum atomic E-state index is -1.96. The third kappa shape index (κ3) is 3.87. The lowest BCUT2D eigenvalue weighted by Gasteiger charge is -2.50. The molecule has 1 saturated carbocycles. The Balaban J connectivity index is 1.45. The summed E-state index contributed by atoms with van der Waals surface area (Å²) >= 11 is 14.4. The number of rotatable bonds is 4. The number of amides is 4. The number of fused-ring (bicyclic) bond motifs is 4. The molecule has 42 heavy (non-hydrogen) atoms. The molecule has 2 aliphatic carbocycles. The number of allylic oxidation sites excluding steroid dienone is 2. The highest BCUT2D eigenvalue weighted by Crippen LogP contribution is 2.66. The Morgan fingerprint density at radius 3 is 2.31 bits per heavy atom. The van der Waals surface area contributed by atoms with Gasteiger partial charge >= 0.3 is 0 Å². The van der Waals surface area contributed by atoms with Gasteiger partial charge in [-0.25, -0.2) is 0 Å². The zero-order valence-corrected chi connectivity index (χ0v) is 25.3. The molecule has 6 rings (SSSR count). The molecule has 2 saturated heterocycles. The molecule has 0 unspecified atom stereocenters. The quantitative estimate of drug-likeness (QED) is 0.304. The number of carbonyl (C=O) groups excluding carboxylic acids is 4. The lowest BCUT2D eigenvalue weighted by molar-refractivity contribution is -0.146. The molecular formula is C32H32Cl2N2O6. The van der Waals surface area contributed by atoms with E-state index >= 15 is 0 Å². The van der Waals surface area contributed by atoms with Crippen LogP contribution in [0.25, 0.3) is 0 Å². The molecular weight excluding hydrogens is 579 g/mol. The first-order valence-electron chi connectivity index (χ1n) is 14.0. The van der Waals surface area contributed by atoms with Gasteiger partial charge in [0.1, 0.15) is 18.1 Å². The van der Waals surface area contributed by atoms with Crippen molar-refractivity contribution in [3.8, 4) is 11.5 Å². The summed E-state index contributed by atoms with van der Waals surface area (Å²) < 4.78 is 5.88. The fraction of sp³-hybridized carbons (Fsp3) is 0.438. The maximum Gasteiger partial charge on any atom is 0.253 e. The molecule has 0 spiro atoms. The smallest absolute Gasteiger partial charge is 0.253 e. The van der Waals surface area contributed by atoms with Crippen LogP contribution in [0.3, 0.4) is 0 Å². The van der Waals surface area contributed by atoms with Crippen LogP contribution in [0.5, 0.6) is 11.5 Å².